The van der Waals surface area contributed by atoms with Crippen LogP contribution in [0.25, 0.3) is 0 Å². The Kier molecular flexibility index (Phi) is 6.83. The third kappa shape index (κ3) is 4.39. The molecule has 4 rings (SSSR count). The van der Waals surface area contributed by atoms with Crippen molar-refractivity contribution in [3.05, 3.63) is 59.4 Å². The molecule has 2 amide bonds. The van der Waals surface area contributed by atoms with Crippen LogP contribution in [0.2, 0.25) is 0 Å². The van der Waals surface area contributed by atoms with Crippen molar-refractivity contribution in [2.24, 2.45) is 0 Å². The average Bonchev–Trinajstić information content (AvgIpc) is 3.20. The van der Waals surface area contributed by atoms with Gasteiger partial charge in [0, 0.05) is 12.1 Å². The van der Waals surface area contributed by atoms with E-state index in [4.69, 9.17) is 14.2 Å². The number of hydrogen-bond acceptors (Lipinski definition) is 5. The highest BCUT2D eigenvalue weighted by Gasteiger charge is 2.53. The van der Waals surface area contributed by atoms with Crippen LogP contribution in [-0.2, 0) is 16.1 Å². The molecule has 2 aromatic carbocycles. The van der Waals surface area contributed by atoms with Crippen molar-refractivity contribution in [2.75, 3.05) is 20.8 Å². The minimum Gasteiger partial charge on any atom is -0.496 e. The quantitative estimate of drug-likeness (QED) is 0.718. The first-order valence-corrected chi connectivity index (χ1v) is 11.2. The fraction of sp³-hybridized carbons (Fsp3) is 0.440. The molecule has 1 aliphatic heterocycles. The molecule has 8 heteroatoms. The number of carbonyl (C=O) groups is 2. The highest BCUT2D eigenvalue weighted by molar-refractivity contribution is 6.02. The van der Waals surface area contributed by atoms with Crippen molar-refractivity contribution in [3.63, 3.8) is 0 Å². The number of nitrogens with zero attached hydrogens (tertiary/aromatic N) is 1. The maximum Gasteiger partial charge on any atom is 0.264 e. The zero-order chi connectivity index (χ0) is 23.4. The van der Waals surface area contributed by atoms with Crippen molar-refractivity contribution in [1.82, 2.24) is 10.2 Å². The summed E-state index contributed by atoms with van der Waals surface area (Å²) in [5.74, 6) is -0.431. The summed E-state index contributed by atoms with van der Waals surface area (Å²) in [5, 5.41) is 2.78. The maximum absolute atomic E-state index is 14.0. The second kappa shape index (κ2) is 9.79. The fourth-order valence-corrected chi connectivity index (χ4v) is 4.80. The van der Waals surface area contributed by atoms with E-state index < -0.39 is 17.6 Å². The van der Waals surface area contributed by atoms with Gasteiger partial charge in [0.15, 0.2) is 0 Å². The number of hydrogen-bond donors (Lipinski definition) is 1. The number of halogens is 1. The Morgan fingerprint density at radius 2 is 1.73 bits per heavy atom. The van der Waals surface area contributed by atoms with Crippen LogP contribution in [0.5, 0.6) is 11.5 Å². The van der Waals surface area contributed by atoms with Gasteiger partial charge in [-0.25, -0.2) is 4.39 Å². The standard InChI is InChI=1S/C25H29FN2O5/c1-31-20-11-8-12-21(32-2)22(20)24(30)28-19(16-33-25(28)13-6-3-7-14-25)23(29)27-15-17-9-4-5-10-18(17)26/h4-5,8-12,19H,3,6-7,13-16H2,1-2H3,(H,27,29)/t19-/m0/s1. The Bertz CT molecular complexity index is 999. The molecule has 2 fully saturated rings. The molecule has 1 heterocycles. The summed E-state index contributed by atoms with van der Waals surface area (Å²) >= 11 is 0. The van der Waals surface area contributed by atoms with Gasteiger partial charge in [-0.2, -0.15) is 0 Å². The van der Waals surface area contributed by atoms with E-state index in [0.717, 1.165) is 19.3 Å². The molecule has 0 unspecified atom stereocenters. The summed E-state index contributed by atoms with van der Waals surface area (Å²) in [6.45, 7) is 0.0985. The molecule has 0 radical (unpaired) electrons. The zero-order valence-corrected chi connectivity index (χ0v) is 18.9. The minimum absolute atomic E-state index is 0.0228. The summed E-state index contributed by atoms with van der Waals surface area (Å²) in [4.78, 5) is 28.8. The first-order valence-electron chi connectivity index (χ1n) is 11.2. The lowest BCUT2D eigenvalue weighted by atomic mass is 9.89. The highest BCUT2D eigenvalue weighted by Crippen LogP contribution is 2.43. The molecule has 1 saturated heterocycles. The second-order valence-electron chi connectivity index (χ2n) is 8.36. The number of carbonyl (C=O) groups excluding carboxylic acids is 2. The molecule has 1 saturated carbocycles. The third-order valence-corrected chi connectivity index (χ3v) is 6.47. The average molecular weight is 457 g/mol. The summed E-state index contributed by atoms with van der Waals surface area (Å²) < 4.78 is 31.1. The Balaban J connectivity index is 1.66. The van der Waals surface area contributed by atoms with Crippen molar-refractivity contribution in [3.8, 4) is 11.5 Å². The van der Waals surface area contributed by atoms with E-state index in [9.17, 15) is 14.0 Å². The minimum atomic E-state index is -0.860. The predicted molar refractivity (Wildman–Crippen MR) is 120 cm³/mol. The van der Waals surface area contributed by atoms with Gasteiger partial charge in [-0.15, -0.1) is 0 Å². The Labute approximate surface area is 192 Å². The van der Waals surface area contributed by atoms with Gasteiger partial charge in [-0.05, 0) is 43.9 Å². The number of benzene rings is 2. The Morgan fingerprint density at radius 1 is 1.06 bits per heavy atom. The van der Waals surface area contributed by atoms with Crippen molar-refractivity contribution < 1.29 is 28.2 Å². The van der Waals surface area contributed by atoms with Gasteiger partial charge in [-0.1, -0.05) is 30.7 Å². The predicted octanol–water partition coefficient (Wildman–Crippen LogP) is 3.66. The molecular formula is C25H29FN2O5. The number of rotatable bonds is 6. The molecule has 1 atom stereocenters. The Hall–Kier alpha value is -3.13. The number of nitrogens with one attached hydrogen (secondary N) is 1. The number of ether oxygens (including phenoxy) is 3. The third-order valence-electron chi connectivity index (χ3n) is 6.47. The molecule has 7 nitrogen and oxygen atoms in total. The molecule has 2 aliphatic rings. The van der Waals surface area contributed by atoms with Crippen LogP contribution in [0.15, 0.2) is 42.5 Å². The molecular weight excluding hydrogens is 427 g/mol. The van der Waals surface area contributed by atoms with E-state index in [1.807, 2.05) is 0 Å². The molecule has 176 valence electrons. The molecule has 2 aromatic rings. The molecule has 1 N–H and O–H groups in total. The first-order chi connectivity index (χ1) is 16.0. The van der Waals surface area contributed by atoms with Gasteiger partial charge in [0.25, 0.3) is 5.91 Å². The van der Waals surface area contributed by atoms with Crippen molar-refractivity contribution in [1.29, 1.82) is 0 Å². The molecule has 0 aromatic heterocycles. The summed E-state index contributed by atoms with van der Waals surface area (Å²) in [6.07, 6.45) is 4.14. The summed E-state index contributed by atoms with van der Waals surface area (Å²) in [5.41, 5.74) is -0.229. The lowest BCUT2D eigenvalue weighted by Gasteiger charge is -2.41. The lowest BCUT2D eigenvalue weighted by Crippen LogP contribution is -2.56. The van der Waals surface area contributed by atoms with Gasteiger partial charge < -0.3 is 19.5 Å². The zero-order valence-electron chi connectivity index (χ0n) is 18.9. The van der Waals surface area contributed by atoms with Crippen molar-refractivity contribution in [2.45, 2.75) is 50.4 Å². The van der Waals surface area contributed by atoms with E-state index in [0.29, 0.717) is 29.9 Å². The monoisotopic (exact) mass is 456 g/mol. The van der Waals surface area contributed by atoms with Crippen LogP contribution in [-0.4, -0.2) is 49.3 Å². The molecule has 33 heavy (non-hydrogen) atoms. The van der Waals surface area contributed by atoms with Crippen LogP contribution >= 0.6 is 0 Å². The van der Waals surface area contributed by atoms with E-state index >= 15 is 0 Å². The van der Waals surface area contributed by atoms with E-state index in [2.05, 4.69) is 5.32 Å². The van der Waals surface area contributed by atoms with E-state index in [-0.39, 0.29) is 30.5 Å². The van der Waals surface area contributed by atoms with Gasteiger partial charge in [-0.3, -0.25) is 14.5 Å². The topological polar surface area (TPSA) is 77.1 Å². The van der Waals surface area contributed by atoms with Crippen LogP contribution in [0.1, 0.15) is 48.0 Å². The van der Waals surface area contributed by atoms with Crippen LogP contribution < -0.4 is 14.8 Å². The Morgan fingerprint density at radius 3 is 2.36 bits per heavy atom. The first kappa shape index (κ1) is 23.0. The number of amides is 2. The van der Waals surface area contributed by atoms with Gasteiger partial charge >= 0.3 is 0 Å². The van der Waals surface area contributed by atoms with Gasteiger partial charge in [0.1, 0.15) is 34.6 Å². The molecule has 0 bridgehead atoms. The largest absolute Gasteiger partial charge is 0.496 e. The van der Waals surface area contributed by atoms with E-state index in [1.54, 1.807) is 41.3 Å². The lowest BCUT2D eigenvalue weighted by molar-refractivity contribution is -0.127. The van der Waals surface area contributed by atoms with Crippen LogP contribution in [0.3, 0.4) is 0 Å². The maximum atomic E-state index is 14.0. The molecule has 1 aliphatic carbocycles. The normalized spacial score (nSPS) is 19.4. The summed E-state index contributed by atoms with van der Waals surface area (Å²) in [7, 11) is 2.97. The van der Waals surface area contributed by atoms with Gasteiger partial charge in [0.2, 0.25) is 5.91 Å². The summed E-state index contributed by atoms with van der Waals surface area (Å²) in [6, 6.07) is 10.5. The second-order valence-corrected chi connectivity index (χ2v) is 8.36. The van der Waals surface area contributed by atoms with Crippen LogP contribution in [0, 0.1) is 5.82 Å². The van der Waals surface area contributed by atoms with Gasteiger partial charge in [0.05, 0.1) is 20.8 Å². The SMILES string of the molecule is COc1cccc(OC)c1C(=O)N1[C@H](C(=O)NCc2ccccc2F)COC12CCCCC2. The highest BCUT2D eigenvalue weighted by atomic mass is 19.1. The van der Waals surface area contributed by atoms with Crippen LogP contribution in [0.4, 0.5) is 4.39 Å². The van der Waals surface area contributed by atoms with Crippen molar-refractivity contribution >= 4 is 11.8 Å². The smallest absolute Gasteiger partial charge is 0.264 e. The fourth-order valence-electron chi connectivity index (χ4n) is 4.80. The van der Waals surface area contributed by atoms with E-state index in [1.165, 1.54) is 20.3 Å². The molecule has 1 spiro atoms. The number of methoxy groups -OCH3 is 2.